The molecule has 0 aromatic carbocycles. The van der Waals surface area contributed by atoms with Crippen molar-refractivity contribution in [1.82, 2.24) is 5.32 Å². The van der Waals surface area contributed by atoms with Crippen LogP contribution in [0.4, 0.5) is 0 Å². The summed E-state index contributed by atoms with van der Waals surface area (Å²) >= 11 is 0. The van der Waals surface area contributed by atoms with Gasteiger partial charge in [-0.3, -0.25) is 9.59 Å². The molecule has 0 aliphatic heterocycles. The number of azide groups is 1. The molecule has 0 aliphatic rings. The maximum Gasteiger partial charge on any atom is 0.306 e. The van der Waals surface area contributed by atoms with Crippen LogP contribution in [0.1, 0.15) is 19.3 Å². The fourth-order valence-electron chi connectivity index (χ4n) is 1.00. The normalized spacial score (nSPS) is 9.39. The molecule has 18 heavy (non-hydrogen) atoms. The van der Waals surface area contributed by atoms with Crippen molar-refractivity contribution in [3.63, 3.8) is 0 Å². The van der Waals surface area contributed by atoms with Crippen molar-refractivity contribution >= 4 is 11.9 Å². The fourth-order valence-corrected chi connectivity index (χ4v) is 1.00. The molecule has 0 saturated heterocycles. The predicted molar refractivity (Wildman–Crippen MR) is 62.0 cm³/mol. The van der Waals surface area contributed by atoms with Crippen LogP contribution in [0.5, 0.6) is 0 Å². The molecule has 0 aliphatic carbocycles. The number of ether oxygens (including phenoxy) is 1. The smallest absolute Gasteiger partial charge is 0.306 e. The van der Waals surface area contributed by atoms with Gasteiger partial charge >= 0.3 is 5.97 Å². The third kappa shape index (κ3) is 10.7. The number of nitrogens with one attached hydrogen (secondary N) is 1. The van der Waals surface area contributed by atoms with Gasteiger partial charge in [-0.2, -0.15) is 0 Å². The van der Waals surface area contributed by atoms with Gasteiger partial charge in [0, 0.05) is 17.9 Å². The highest BCUT2D eigenvalue weighted by molar-refractivity contribution is 5.81. The summed E-state index contributed by atoms with van der Waals surface area (Å²) in [6.07, 6.45) is 0.665. The lowest BCUT2D eigenvalue weighted by Crippen LogP contribution is -2.26. The minimum absolute atomic E-state index is 0.00447. The van der Waals surface area contributed by atoms with Gasteiger partial charge in [-0.25, -0.2) is 5.90 Å². The van der Waals surface area contributed by atoms with Gasteiger partial charge in [0.1, 0.15) is 0 Å². The predicted octanol–water partition coefficient (Wildman–Crippen LogP) is 0.0167. The molecule has 0 saturated carbocycles. The van der Waals surface area contributed by atoms with E-state index in [9.17, 15) is 9.59 Å². The standard InChI is InChI=1S/C9H17N5O4/c10-14-13-5-7-17-9(16)3-2-8(15)12-4-1-6-18-11/h1-7,11H2,(H,12,15). The Morgan fingerprint density at radius 1 is 1.33 bits per heavy atom. The zero-order valence-corrected chi connectivity index (χ0v) is 10.0. The average molecular weight is 259 g/mol. The van der Waals surface area contributed by atoms with Crippen molar-refractivity contribution in [2.45, 2.75) is 19.3 Å². The molecule has 0 bridgehead atoms. The van der Waals surface area contributed by atoms with Crippen LogP contribution in [0.2, 0.25) is 0 Å². The van der Waals surface area contributed by atoms with E-state index < -0.39 is 5.97 Å². The first-order valence-corrected chi connectivity index (χ1v) is 5.45. The number of nitrogens with two attached hydrogens (primary N) is 1. The summed E-state index contributed by atoms with van der Waals surface area (Å²) in [5.74, 6) is 4.07. The van der Waals surface area contributed by atoms with Crippen molar-refractivity contribution in [2.75, 3.05) is 26.3 Å². The first kappa shape index (κ1) is 16.2. The zero-order valence-electron chi connectivity index (χ0n) is 10.0. The lowest BCUT2D eigenvalue weighted by atomic mass is 10.3. The van der Waals surface area contributed by atoms with Crippen LogP contribution in [0.15, 0.2) is 5.11 Å². The summed E-state index contributed by atoms with van der Waals surface area (Å²) in [5.41, 5.74) is 7.98. The van der Waals surface area contributed by atoms with Crippen molar-refractivity contribution in [3.8, 4) is 0 Å². The number of amides is 1. The highest BCUT2D eigenvalue weighted by atomic mass is 16.6. The molecular weight excluding hydrogens is 242 g/mol. The lowest BCUT2D eigenvalue weighted by molar-refractivity contribution is -0.144. The first-order chi connectivity index (χ1) is 8.70. The Kier molecular flexibility index (Phi) is 10.5. The monoisotopic (exact) mass is 259 g/mol. The largest absolute Gasteiger partial charge is 0.466 e. The van der Waals surface area contributed by atoms with E-state index >= 15 is 0 Å². The Bertz CT molecular complexity index is 303. The van der Waals surface area contributed by atoms with Crippen molar-refractivity contribution in [3.05, 3.63) is 10.4 Å². The first-order valence-electron chi connectivity index (χ1n) is 5.45. The van der Waals surface area contributed by atoms with Crippen LogP contribution < -0.4 is 11.2 Å². The molecule has 0 radical (unpaired) electrons. The highest BCUT2D eigenvalue weighted by Gasteiger charge is 2.07. The Hall–Kier alpha value is -1.83. The lowest BCUT2D eigenvalue weighted by Gasteiger charge is -2.04. The highest BCUT2D eigenvalue weighted by Crippen LogP contribution is 1.93. The van der Waals surface area contributed by atoms with Gasteiger partial charge in [0.05, 0.1) is 26.2 Å². The molecule has 102 valence electrons. The Balaban J connectivity index is 3.47. The summed E-state index contributed by atoms with van der Waals surface area (Å²) in [5, 5.41) is 5.80. The van der Waals surface area contributed by atoms with Crippen LogP contribution in [0, 0.1) is 0 Å². The van der Waals surface area contributed by atoms with E-state index in [1.807, 2.05) is 0 Å². The molecule has 0 aromatic heterocycles. The number of hydrogen-bond acceptors (Lipinski definition) is 6. The maximum absolute atomic E-state index is 11.2. The molecule has 0 fully saturated rings. The number of esters is 1. The number of nitrogens with zero attached hydrogens (tertiary/aromatic N) is 3. The minimum Gasteiger partial charge on any atom is -0.466 e. The van der Waals surface area contributed by atoms with E-state index in [4.69, 9.17) is 16.2 Å². The maximum atomic E-state index is 11.2. The summed E-state index contributed by atoms with van der Waals surface area (Å²) in [6.45, 7) is 0.926. The van der Waals surface area contributed by atoms with E-state index in [0.717, 1.165) is 0 Å². The number of carbonyl (C=O) groups excluding carboxylic acids is 2. The zero-order chi connectivity index (χ0) is 13.6. The van der Waals surface area contributed by atoms with Gasteiger partial charge in [0.15, 0.2) is 0 Å². The topological polar surface area (TPSA) is 139 Å². The Morgan fingerprint density at radius 2 is 2.11 bits per heavy atom. The fraction of sp³-hybridized carbons (Fsp3) is 0.778. The molecule has 0 rings (SSSR count). The molecule has 9 nitrogen and oxygen atoms in total. The third-order valence-corrected chi connectivity index (χ3v) is 1.83. The van der Waals surface area contributed by atoms with Crippen LogP contribution >= 0.6 is 0 Å². The van der Waals surface area contributed by atoms with Crippen molar-refractivity contribution < 1.29 is 19.2 Å². The summed E-state index contributed by atoms with van der Waals surface area (Å²) in [7, 11) is 0. The van der Waals surface area contributed by atoms with Gasteiger partial charge in [-0.05, 0) is 12.0 Å². The van der Waals surface area contributed by atoms with Crippen LogP contribution in [0.3, 0.4) is 0 Å². The second-order valence-corrected chi connectivity index (χ2v) is 3.25. The van der Waals surface area contributed by atoms with Crippen molar-refractivity contribution in [1.29, 1.82) is 0 Å². The second kappa shape index (κ2) is 11.6. The average Bonchev–Trinajstić information content (AvgIpc) is 2.37. The van der Waals surface area contributed by atoms with E-state index in [-0.39, 0.29) is 31.9 Å². The number of rotatable bonds is 10. The van der Waals surface area contributed by atoms with Crippen LogP contribution in [0.25, 0.3) is 10.4 Å². The SMILES string of the molecule is [N-]=[N+]=NCCOC(=O)CCC(=O)NCCCON. The Labute approximate surface area is 104 Å². The van der Waals surface area contributed by atoms with Crippen LogP contribution in [-0.4, -0.2) is 38.2 Å². The molecule has 1 amide bonds. The molecule has 0 aromatic rings. The number of carbonyl (C=O) groups is 2. The molecule has 0 spiro atoms. The summed E-state index contributed by atoms with van der Waals surface area (Å²) in [4.78, 5) is 29.2. The summed E-state index contributed by atoms with van der Waals surface area (Å²) in [6, 6.07) is 0. The molecule has 3 N–H and O–H groups in total. The number of hydrogen-bond donors (Lipinski definition) is 2. The van der Waals surface area contributed by atoms with E-state index in [2.05, 4.69) is 20.2 Å². The minimum atomic E-state index is -0.497. The molecular formula is C9H17N5O4. The van der Waals surface area contributed by atoms with Crippen molar-refractivity contribution in [2.24, 2.45) is 11.0 Å². The quantitative estimate of drug-likeness (QED) is 0.142. The van der Waals surface area contributed by atoms with Gasteiger partial charge in [-0.1, -0.05) is 5.11 Å². The van der Waals surface area contributed by atoms with E-state index in [0.29, 0.717) is 19.6 Å². The van der Waals surface area contributed by atoms with Gasteiger partial charge in [0.2, 0.25) is 5.91 Å². The van der Waals surface area contributed by atoms with Gasteiger partial charge < -0.3 is 14.9 Å². The molecule has 0 unspecified atom stereocenters. The summed E-state index contributed by atoms with van der Waals surface area (Å²) < 4.78 is 4.72. The molecule has 9 heteroatoms. The van der Waals surface area contributed by atoms with E-state index in [1.165, 1.54) is 0 Å². The second-order valence-electron chi connectivity index (χ2n) is 3.25. The van der Waals surface area contributed by atoms with Crippen LogP contribution in [-0.2, 0) is 19.2 Å². The Morgan fingerprint density at radius 3 is 2.78 bits per heavy atom. The molecule has 0 atom stereocenters. The van der Waals surface area contributed by atoms with E-state index in [1.54, 1.807) is 0 Å². The van der Waals surface area contributed by atoms with Gasteiger partial charge in [-0.15, -0.1) is 0 Å². The molecule has 0 heterocycles. The van der Waals surface area contributed by atoms with Gasteiger partial charge in [0.25, 0.3) is 0 Å². The third-order valence-electron chi connectivity index (χ3n) is 1.83.